The Morgan fingerprint density at radius 3 is 2.59 bits per heavy atom. The first kappa shape index (κ1) is 19.4. The maximum absolute atomic E-state index is 12.8. The van der Waals surface area contributed by atoms with Gasteiger partial charge >= 0.3 is 0 Å². The second kappa shape index (κ2) is 7.68. The van der Waals surface area contributed by atoms with Crippen LogP contribution < -0.4 is 4.74 Å². The third-order valence-corrected chi connectivity index (χ3v) is 4.72. The summed E-state index contributed by atoms with van der Waals surface area (Å²) in [7, 11) is 0. The highest BCUT2D eigenvalue weighted by Gasteiger charge is 2.27. The number of rotatable bonds is 5. The number of carbonyl (C=O) groups is 1. The van der Waals surface area contributed by atoms with Gasteiger partial charge in [-0.25, -0.2) is 4.68 Å². The van der Waals surface area contributed by atoms with Gasteiger partial charge in [-0.05, 0) is 58.7 Å². The number of nitrogens with zero attached hydrogens (tertiary/aromatic N) is 4. The molecule has 0 aliphatic carbocycles. The highest BCUT2D eigenvalue weighted by atomic mass is 16.5. The van der Waals surface area contributed by atoms with Crippen molar-refractivity contribution in [1.82, 2.24) is 19.9 Å². The van der Waals surface area contributed by atoms with Crippen molar-refractivity contribution < 1.29 is 14.6 Å². The minimum absolute atomic E-state index is 0.0263. The molecule has 1 fully saturated rings. The Kier molecular flexibility index (Phi) is 5.51. The summed E-state index contributed by atoms with van der Waals surface area (Å²) >= 11 is 0. The predicted octanol–water partition coefficient (Wildman–Crippen LogP) is 2.77. The van der Waals surface area contributed by atoms with Gasteiger partial charge in [0.05, 0.1) is 18.3 Å². The van der Waals surface area contributed by atoms with Crippen molar-refractivity contribution >= 4 is 5.91 Å². The molecule has 7 heteroatoms. The van der Waals surface area contributed by atoms with Crippen molar-refractivity contribution in [1.29, 1.82) is 0 Å². The van der Waals surface area contributed by atoms with Crippen LogP contribution in [0.1, 0.15) is 62.6 Å². The van der Waals surface area contributed by atoms with Gasteiger partial charge in [-0.2, -0.15) is 0 Å². The second-order valence-corrected chi connectivity index (χ2v) is 7.86. The van der Waals surface area contributed by atoms with Gasteiger partial charge in [-0.15, -0.1) is 5.10 Å². The van der Waals surface area contributed by atoms with E-state index in [1.165, 1.54) is 0 Å². The van der Waals surface area contributed by atoms with E-state index in [-0.39, 0.29) is 18.1 Å². The first-order chi connectivity index (χ1) is 12.7. The normalized spacial score (nSPS) is 16.0. The standard InChI is InChI=1S/C20H28N4O3/c1-14(2)27-17-7-5-6-15(12-17)19(25)23-10-8-16(9-11-23)24-13-18(21-22-24)20(3,4)26/h5-7,12-14,16,26H,8-11H2,1-4H3. The molecule has 3 rings (SSSR count). The lowest BCUT2D eigenvalue weighted by atomic mass is 10.0. The van der Waals surface area contributed by atoms with Crippen LogP contribution in [-0.4, -0.2) is 50.1 Å². The molecule has 0 spiro atoms. The third-order valence-electron chi connectivity index (χ3n) is 4.72. The number of piperidine rings is 1. The van der Waals surface area contributed by atoms with E-state index in [4.69, 9.17) is 4.74 Å². The highest BCUT2D eigenvalue weighted by molar-refractivity contribution is 5.94. The van der Waals surface area contributed by atoms with Gasteiger partial charge in [-0.3, -0.25) is 4.79 Å². The van der Waals surface area contributed by atoms with E-state index >= 15 is 0 Å². The minimum atomic E-state index is -1.00. The lowest BCUT2D eigenvalue weighted by Gasteiger charge is -2.32. The molecule has 2 heterocycles. The molecule has 2 aromatic rings. The van der Waals surface area contributed by atoms with Crippen molar-refractivity contribution in [3.63, 3.8) is 0 Å². The SMILES string of the molecule is CC(C)Oc1cccc(C(=O)N2CCC(n3cc(C(C)(C)O)nn3)CC2)c1. The molecule has 7 nitrogen and oxygen atoms in total. The van der Waals surface area contributed by atoms with E-state index in [1.807, 2.05) is 41.6 Å². The second-order valence-electron chi connectivity index (χ2n) is 7.86. The number of hydrogen-bond donors (Lipinski definition) is 1. The fourth-order valence-electron chi connectivity index (χ4n) is 3.23. The summed E-state index contributed by atoms with van der Waals surface area (Å²) in [6.07, 6.45) is 3.49. The molecule has 1 N–H and O–H groups in total. The van der Waals surface area contributed by atoms with Crippen molar-refractivity contribution in [2.75, 3.05) is 13.1 Å². The van der Waals surface area contributed by atoms with E-state index < -0.39 is 5.60 Å². The predicted molar refractivity (Wildman–Crippen MR) is 102 cm³/mol. The van der Waals surface area contributed by atoms with Gasteiger partial charge < -0.3 is 14.7 Å². The van der Waals surface area contributed by atoms with Crippen LogP contribution in [-0.2, 0) is 5.60 Å². The largest absolute Gasteiger partial charge is 0.491 e. The Hall–Kier alpha value is -2.41. The summed E-state index contributed by atoms with van der Waals surface area (Å²) in [4.78, 5) is 14.7. The molecule has 1 aliphatic heterocycles. The molecule has 27 heavy (non-hydrogen) atoms. The van der Waals surface area contributed by atoms with Crippen LogP contribution in [0, 0.1) is 0 Å². The molecule has 146 valence electrons. The Balaban J connectivity index is 1.62. The zero-order chi connectivity index (χ0) is 19.6. The molecule has 0 atom stereocenters. The summed E-state index contributed by atoms with van der Waals surface area (Å²) in [5, 5.41) is 18.3. The van der Waals surface area contributed by atoms with E-state index in [0.717, 1.165) is 12.8 Å². The number of aromatic nitrogens is 3. The Labute approximate surface area is 159 Å². The van der Waals surface area contributed by atoms with Crippen molar-refractivity contribution in [3.8, 4) is 5.75 Å². The van der Waals surface area contributed by atoms with Gasteiger partial charge in [0, 0.05) is 18.7 Å². The van der Waals surface area contributed by atoms with E-state index in [2.05, 4.69) is 10.3 Å². The summed E-state index contributed by atoms with van der Waals surface area (Å²) < 4.78 is 7.50. The highest BCUT2D eigenvalue weighted by Crippen LogP contribution is 2.25. The Morgan fingerprint density at radius 1 is 1.30 bits per heavy atom. The van der Waals surface area contributed by atoms with Crippen molar-refractivity contribution in [2.45, 2.75) is 58.3 Å². The van der Waals surface area contributed by atoms with Gasteiger partial charge in [0.25, 0.3) is 5.91 Å². The molecular weight excluding hydrogens is 344 g/mol. The molecule has 1 aromatic heterocycles. The number of carbonyl (C=O) groups excluding carboxylic acids is 1. The van der Waals surface area contributed by atoms with E-state index in [9.17, 15) is 9.90 Å². The summed E-state index contributed by atoms with van der Waals surface area (Å²) in [5.41, 5.74) is 0.206. The average molecular weight is 372 g/mol. The van der Waals surface area contributed by atoms with E-state index in [0.29, 0.717) is 30.1 Å². The van der Waals surface area contributed by atoms with Gasteiger partial charge in [0.2, 0.25) is 0 Å². The van der Waals surface area contributed by atoms with Crippen LogP contribution >= 0.6 is 0 Å². The zero-order valence-corrected chi connectivity index (χ0v) is 16.4. The van der Waals surface area contributed by atoms with Crippen LogP contribution in [0.4, 0.5) is 0 Å². The minimum Gasteiger partial charge on any atom is -0.491 e. The molecule has 0 unspecified atom stereocenters. The lowest BCUT2D eigenvalue weighted by Crippen LogP contribution is -2.39. The van der Waals surface area contributed by atoms with Crippen LogP contribution in [0.2, 0.25) is 0 Å². The molecule has 0 bridgehead atoms. The maximum Gasteiger partial charge on any atom is 0.253 e. The molecule has 1 aliphatic rings. The molecule has 1 aromatic carbocycles. The molecule has 0 radical (unpaired) electrons. The summed E-state index contributed by atoms with van der Waals surface area (Å²) in [6.45, 7) is 8.64. The Bertz CT molecular complexity index is 787. The van der Waals surface area contributed by atoms with Crippen molar-refractivity contribution in [2.24, 2.45) is 0 Å². The van der Waals surface area contributed by atoms with Gasteiger partial charge in [0.1, 0.15) is 17.0 Å². The Morgan fingerprint density at radius 2 is 2.00 bits per heavy atom. The first-order valence-electron chi connectivity index (χ1n) is 9.44. The average Bonchev–Trinajstić information content (AvgIpc) is 3.11. The number of hydrogen-bond acceptors (Lipinski definition) is 5. The smallest absolute Gasteiger partial charge is 0.253 e. The van der Waals surface area contributed by atoms with Crippen LogP contribution in [0.3, 0.4) is 0 Å². The fraction of sp³-hybridized carbons (Fsp3) is 0.550. The topological polar surface area (TPSA) is 80.5 Å². The number of ether oxygens (including phenoxy) is 1. The van der Waals surface area contributed by atoms with Crippen LogP contribution in [0.15, 0.2) is 30.5 Å². The number of likely N-dealkylation sites (tertiary alicyclic amines) is 1. The maximum atomic E-state index is 12.8. The van der Waals surface area contributed by atoms with Crippen molar-refractivity contribution in [3.05, 3.63) is 41.7 Å². The summed E-state index contributed by atoms with van der Waals surface area (Å²) in [6, 6.07) is 7.54. The quantitative estimate of drug-likeness (QED) is 0.873. The van der Waals surface area contributed by atoms with Gasteiger partial charge in [-0.1, -0.05) is 11.3 Å². The zero-order valence-electron chi connectivity index (χ0n) is 16.4. The molecule has 0 saturated carbocycles. The van der Waals surface area contributed by atoms with Gasteiger partial charge in [0.15, 0.2) is 0 Å². The number of aliphatic hydroxyl groups is 1. The fourth-order valence-corrected chi connectivity index (χ4v) is 3.23. The number of benzene rings is 1. The lowest BCUT2D eigenvalue weighted by molar-refractivity contribution is 0.0688. The molecule has 1 amide bonds. The molecule has 1 saturated heterocycles. The van der Waals surface area contributed by atoms with Crippen LogP contribution in [0.5, 0.6) is 5.75 Å². The monoisotopic (exact) mass is 372 g/mol. The molecular formula is C20H28N4O3. The first-order valence-corrected chi connectivity index (χ1v) is 9.44. The van der Waals surface area contributed by atoms with E-state index in [1.54, 1.807) is 26.1 Å². The van der Waals surface area contributed by atoms with Crippen LogP contribution in [0.25, 0.3) is 0 Å². The third kappa shape index (κ3) is 4.66. The summed E-state index contributed by atoms with van der Waals surface area (Å²) in [5.74, 6) is 0.742. The number of amides is 1.